The molecule has 0 saturated heterocycles. The van der Waals surface area contributed by atoms with E-state index in [1.165, 1.54) is 18.4 Å². The van der Waals surface area contributed by atoms with Crippen molar-refractivity contribution < 1.29 is 9.84 Å². The lowest BCUT2D eigenvalue weighted by molar-refractivity contribution is -0.0120. The fraction of sp³-hybridized carbons (Fsp3) is 0.647. The van der Waals surface area contributed by atoms with Crippen LogP contribution in [0.4, 0.5) is 0 Å². The fourth-order valence-electron chi connectivity index (χ4n) is 3.02. The summed E-state index contributed by atoms with van der Waals surface area (Å²) in [6.45, 7) is 3.71. The molecule has 1 fully saturated rings. The highest BCUT2D eigenvalue weighted by Gasteiger charge is 2.34. The summed E-state index contributed by atoms with van der Waals surface area (Å²) in [5.74, 6) is 0. The molecule has 0 spiro atoms. The van der Waals surface area contributed by atoms with Crippen LogP contribution in [0.2, 0.25) is 0 Å². The van der Waals surface area contributed by atoms with Gasteiger partial charge in [0.1, 0.15) is 0 Å². The molecule has 106 valence electrons. The van der Waals surface area contributed by atoms with Crippen LogP contribution < -0.4 is 0 Å². The molecule has 0 heterocycles. The molecule has 0 aromatic heterocycles. The molecule has 0 bridgehead atoms. The molecule has 1 aliphatic carbocycles. The Balaban J connectivity index is 1.64. The molecule has 2 nitrogen and oxygen atoms in total. The summed E-state index contributed by atoms with van der Waals surface area (Å²) in [5, 5.41) is 10.1. The summed E-state index contributed by atoms with van der Waals surface area (Å²) in [7, 11) is 0. The Labute approximate surface area is 116 Å². The van der Waals surface area contributed by atoms with Gasteiger partial charge in [0.2, 0.25) is 0 Å². The summed E-state index contributed by atoms with van der Waals surface area (Å²) in [4.78, 5) is 0. The number of ether oxygens (including phenoxy) is 1. The van der Waals surface area contributed by atoms with E-state index in [1.807, 2.05) is 18.2 Å². The maximum atomic E-state index is 10.1. The minimum atomic E-state index is -0.115. The van der Waals surface area contributed by atoms with Crippen LogP contribution >= 0.6 is 0 Å². The summed E-state index contributed by atoms with van der Waals surface area (Å²) < 4.78 is 5.71. The Hall–Kier alpha value is -0.860. The van der Waals surface area contributed by atoms with Crippen LogP contribution in [0.3, 0.4) is 0 Å². The van der Waals surface area contributed by atoms with Gasteiger partial charge >= 0.3 is 0 Å². The van der Waals surface area contributed by atoms with Gasteiger partial charge in [-0.3, -0.25) is 0 Å². The van der Waals surface area contributed by atoms with Crippen LogP contribution in [-0.4, -0.2) is 17.8 Å². The normalized spacial score (nSPS) is 27.4. The maximum absolute atomic E-state index is 10.1. The predicted molar refractivity (Wildman–Crippen MR) is 77.9 cm³/mol. The molecule has 2 atom stereocenters. The summed E-state index contributed by atoms with van der Waals surface area (Å²) >= 11 is 0. The molecule has 0 amide bonds. The molecule has 0 aliphatic heterocycles. The van der Waals surface area contributed by atoms with E-state index < -0.39 is 0 Å². The number of aliphatic hydroxyl groups excluding tert-OH is 1. The Morgan fingerprint density at radius 2 is 2.05 bits per heavy atom. The van der Waals surface area contributed by atoms with Crippen molar-refractivity contribution in [2.45, 2.75) is 58.2 Å². The number of hydrogen-bond acceptors (Lipinski definition) is 2. The third-order valence-electron chi connectivity index (χ3n) is 4.43. The van der Waals surface area contributed by atoms with Gasteiger partial charge in [-0.1, -0.05) is 50.1 Å². The highest BCUT2D eigenvalue weighted by Crippen LogP contribution is 2.39. The van der Waals surface area contributed by atoms with Gasteiger partial charge in [-0.2, -0.15) is 0 Å². The molecule has 19 heavy (non-hydrogen) atoms. The minimum Gasteiger partial charge on any atom is -0.393 e. The molecule has 1 N–H and O–H groups in total. The first-order chi connectivity index (χ1) is 9.21. The molecule has 1 saturated carbocycles. The van der Waals surface area contributed by atoms with Gasteiger partial charge in [0.25, 0.3) is 0 Å². The third kappa shape index (κ3) is 4.32. The number of benzene rings is 1. The van der Waals surface area contributed by atoms with Crippen molar-refractivity contribution in [1.29, 1.82) is 0 Å². The van der Waals surface area contributed by atoms with E-state index >= 15 is 0 Å². The Bertz CT molecular complexity index is 363. The first-order valence-corrected chi connectivity index (χ1v) is 7.50. The van der Waals surface area contributed by atoms with Gasteiger partial charge in [-0.05, 0) is 36.7 Å². The zero-order valence-corrected chi connectivity index (χ0v) is 12.0. The Morgan fingerprint density at radius 3 is 2.79 bits per heavy atom. The van der Waals surface area contributed by atoms with Crippen molar-refractivity contribution >= 4 is 0 Å². The van der Waals surface area contributed by atoms with Crippen LogP contribution in [0.25, 0.3) is 0 Å². The molecule has 1 unspecified atom stereocenters. The zero-order valence-electron chi connectivity index (χ0n) is 12.0. The molecule has 2 rings (SSSR count). The van der Waals surface area contributed by atoms with Crippen molar-refractivity contribution in [3.63, 3.8) is 0 Å². The molecule has 1 aliphatic rings. The topological polar surface area (TPSA) is 29.5 Å². The predicted octanol–water partition coefficient (Wildman–Crippen LogP) is 3.92. The highest BCUT2D eigenvalue weighted by molar-refractivity contribution is 5.13. The summed E-state index contributed by atoms with van der Waals surface area (Å²) in [5.41, 5.74) is 1.35. The van der Waals surface area contributed by atoms with Crippen molar-refractivity contribution in [3.8, 4) is 0 Å². The zero-order chi connectivity index (χ0) is 13.6. The molecule has 0 radical (unpaired) electrons. The smallest absolute Gasteiger partial charge is 0.0716 e. The first-order valence-electron chi connectivity index (χ1n) is 7.50. The maximum Gasteiger partial charge on any atom is 0.0716 e. The average molecular weight is 262 g/mol. The molecular weight excluding hydrogens is 236 g/mol. The first kappa shape index (κ1) is 14.5. The van der Waals surface area contributed by atoms with Crippen LogP contribution in [-0.2, 0) is 11.3 Å². The quantitative estimate of drug-likeness (QED) is 0.787. The van der Waals surface area contributed by atoms with Gasteiger partial charge < -0.3 is 9.84 Å². The van der Waals surface area contributed by atoms with Crippen molar-refractivity contribution in [2.24, 2.45) is 5.41 Å². The Morgan fingerprint density at radius 1 is 1.26 bits per heavy atom. The van der Waals surface area contributed by atoms with E-state index in [4.69, 9.17) is 4.74 Å². The SMILES string of the molecule is C[C@]1(CCCOCc2ccccc2)CCCCC1O. The monoisotopic (exact) mass is 262 g/mol. The van der Waals surface area contributed by atoms with E-state index in [-0.39, 0.29) is 11.5 Å². The standard InChI is InChI=1S/C17H26O2/c1-17(11-6-5-10-16(17)18)12-7-13-19-14-15-8-3-2-4-9-15/h2-4,8-9,16,18H,5-7,10-14H2,1H3/t16?,17-/m1/s1. The van der Waals surface area contributed by atoms with Gasteiger partial charge in [0.15, 0.2) is 0 Å². The van der Waals surface area contributed by atoms with E-state index in [0.717, 1.165) is 32.3 Å². The lowest BCUT2D eigenvalue weighted by atomic mass is 9.71. The van der Waals surface area contributed by atoms with Gasteiger partial charge in [0, 0.05) is 6.61 Å². The fourth-order valence-corrected chi connectivity index (χ4v) is 3.02. The van der Waals surface area contributed by atoms with E-state index in [0.29, 0.717) is 6.61 Å². The molecular formula is C17H26O2. The second-order valence-electron chi connectivity index (χ2n) is 6.06. The molecule has 1 aromatic rings. The largest absolute Gasteiger partial charge is 0.393 e. The van der Waals surface area contributed by atoms with E-state index in [2.05, 4.69) is 19.1 Å². The average Bonchev–Trinajstić information content (AvgIpc) is 2.43. The van der Waals surface area contributed by atoms with Gasteiger partial charge in [-0.25, -0.2) is 0 Å². The van der Waals surface area contributed by atoms with Crippen molar-refractivity contribution in [2.75, 3.05) is 6.61 Å². The third-order valence-corrected chi connectivity index (χ3v) is 4.43. The van der Waals surface area contributed by atoms with Gasteiger partial charge in [-0.15, -0.1) is 0 Å². The second kappa shape index (κ2) is 7.06. The number of rotatable bonds is 6. The second-order valence-corrected chi connectivity index (χ2v) is 6.06. The van der Waals surface area contributed by atoms with Crippen LogP contribution in [0.1, 0.15) is 51.0 Å². The molecule has 2 heteroatoms. The van der Waals surface area contributed by atoms with Crippen LogP contribution in [0.15, 0.2) is 30.3 Å². The van der Waals surface area contributed by atoms with Crippen LogP contribution in [0, 0.1) is 5.41 Å². The highest BCUT2D eigenvalue weighted by atomic mass is 16.5. The number of hydrogen-bond donors (Lipinski definition) is 1. The van der Waals surface area contributed by atoms with Crippen LogP contribution in [0.5, 0.6) is 0 Å². The minimum absolute atomic E-state index is 0.115. The lowest BCUT2D eigenvalue weighted by Gasteiger charge is -2.38. The van der Waals surface area contributed by atoms with Gasteiger partial charge in [0.05, 0.1) is 12.7 Å². The van der Waals surface area contributed by atoms with Crippen molar-refractivity contribution in [1.82, 2.24) is 0 Å². The molecule has 1 aromatic carbocycles. The lowest BCUT2D eigenvalue weighted by Crippen LogP contribution is -2.35. The number of aliphatic hydroxyl groups is 1. The van der Waals surface area contributed by atoms with E-state index in [9.17, 15) is 5.11 Å². The summed E-state index contributed by atoms with van der Waals surface area (Å²) in [6, 6.07) is 10.3. The van der Waals surface area contributed by atoms with Crippen molar-refractivity contribution in [3.05, 3.63) is 35.9 Å². The summed E-state index contributed by atoms with van der Waals surface area (Å²) in [6.07, 6.45) is 6.58. The van der Waals surface area contributed by atoms with E-state index in [1.54, 1.807) is 0 Å². The Kier molecular flexibility index (Phi) is 5.41.